The standard InChI is InChI=1S/C25H29N3O4/c1-25(2,3)11-6-12-27-21(29)15-7-9-17-20-18(10-8-16(19(15)20)22(27)30)24(32)28(23(17)31)14-13-26(4)5/h7-10H,6,11-14H2,1-5H3. The summed E-state index contributed by atoms with van der Waals surface area (Å²) in [6.07, 6.45) is 1.60. The highest BCUT2D eigenvalue weighted by atomic mass is 16.2. The molecule has 0 aliphatic carbocycles. The number of carbonyl (C=O) groups excluding carboxylic acids is 4. The van der Waals surface area contributed by atoms with E-state index in [4.69, 9.17) is 0 Å². The zero-order valence-electron chi connectivity index (χ0n) is 19.3. The van der Waals surface area contributed by atoms with Crippen molar-refractivity contribution in [2.45, 2.75) is 33.6 Å². The van der Waals surface area contributed by atoms with E-state index in [1.54, 1.807) is 24.3 Å². The van der Waals surface area contributed by atoms with Gasteiger partial charge in [0.25, 0.3) is 23.6 Å². The van der Waals surface area contributed by atoms with Crippen molar-refractivity contribution < 1.29 is 19.2 Å². The second-order valence-corrected chi connectivity index (χ2v) is 10.1. The highest BCUT2D eigenvalue weighted by Gasteiger charge is 2.39. The molecule has 0 bridgehead atoms. The summed E-state index contributed by atoms with van der Waals surface area (Å²) in [6.45, 7) is 7.54. The Kier molecular flexibility index (Phi) is 5.41. The molecule has 0 spiro atoms. The lowest BCUT2D eigenvalue weighted by Crippen LogP contribution is -2.45. The summed E-state index contributed by atoms with van der Waals surface area (Å²) >= 11 is 0. The van der Waals surface area contributed by atoms with Crippen LogP contribution < -0.4 is 0 Å². The Labute approximate surface area is 188 Å². The van der Waals surface area contributed by atoms with E-state index in [0.29, 0.717) is 52.5 Å². The van der Waals surface area contributed by atoms with Gasteiger partial charge < -0.3 is 4.90 Å². The lowest BCUT2D eigenvalue weighted by Gasteiger charge is -2.32. The van der Waals surface area contributed by atoms with Crippen molar-refractivity contribution in [2.24, 2.45) is 5.41 Å². The van der Waals surface area contributed by atoms with Crippen LogP contribution in [-0.2, 0) is 0 Å². The van der Waals surface area contributed by atoms with Gasteiger partial charge in [0.05, 0.1) is 0 Å². The number of hydrogen-bond acceptors (Lipinski definition) is 5. The molecule has 7 heteroatoms. The van der Waals surface area contributed by atoms with Crippen molar-refractivity contribution >= 4 is 34.4 Å². The highest BCUT2D eigenvalue weighted by molar-refractivity contribution is 6.33. The van der Waals surface area contributed by atoms with E-state index in [1.165, 1.54) is 9.80 Å². The van der Waals surface area contributed by atoms with Crippen molar-refractivity contribution in [2.75, 3.05) is 33.7 Å². The van der Waals surface area contributed by atoms with Crippen LogP contribution in [0.1, 0.15) is 75.0 Å². The Hall–Kier alpha value is -3.06. The molecule has 2 aliphatic heterocycles. The Morgan fingerprint density at radius 3 is 1.41 bits per heavy atom. The smallest absolute Gasteiger partial charge is 0.261 e. The second-order valence-electron chi connectivity index (χ2n) is 10.1. The van der Waals surface area contributed by atoms with Gasteiger partial charge in [-0.15, -0.1) is 0 Å². The van der Waals surface area contributed by atoms with Crippen LogP contribution in [0.4, 0.5) is 0 Å². The van der Waals surface area contributed by atoms with E-state index in [-0.39, 0.29) is 35.6 Å². The summed E-state index contributed by atoms with van der Waals surface area (Å²) in [5.41, 5.74) is 1.58. The maximum Gasteiger partial charge on any atom is 0.261 e. The van der Waals surface area contributed by atoms with Crippen molar-refractivity contribution in [3.63, 3.8) is 0 Å². The molecule has 0 saturated heterocycles. The highest BCUT2D eigenvalue weighted by Crippen LogP contribution is 2.38. The van der Waals surface area contributed by atoms with Crippen molar-refractivity contribution in [3.8, 4) is 0 Å². The van der Waals surface area contributed by atoms with Crippen molar-refractivity contribution in [1.29, 1.82) is 0 Å². The van der Waals surface area contributed by atoms with Gasteiger partial charge in [0.15, 0.2) is 0 Å². The maximum atomic E-state index is 13.2. The van der Waals surface area contributed by atoms with Crippen LogP contribution >= 0.6 is 0 Å². The molecule has 2 aromatic carbocycles. The van der Waals surface area contributed by atoms with Crippen LogP contribution in [0.5, 0.6) is 0 Å². The molecule has 2 heterocycles. The molecule has 0 unspecified atom stereocenters. The molecule has 4 rings (SSSR count). The second kappa shape index (κ2) is 7.81. The number of carbonyl (C=O) groups is 4. The average molecular weight is 436 g/mol. The maximum absolute atomic E-state index is 13.2. The minimum Gasteiger partial charge on any atom is -0.308 e. The van der Waals surface area contributed by atoms with Gasteiger partial charge >= 0.3 is 0 Å². The predicted octanol–water partition coefficient (Wildman–Crippen LogP) is 3.42. The fourth-order valence-corrected chi connectivity index (χ4v) is 4.45. The molecule has 0 fully saturated rings. The van der Waals surface area contributed by atoms with Crippen LogP contribution in [0.15, 0.2) is 24.3 Å². The zero-order chi connectivity index (χ0) is 23.4. The molecule has 0 saturated carbocycles. The topological polar surface area (TPSA) is 78.0 Å². The van der Waals surface area contributed by atoms with Crippen LogP contribution in [0, 0.1) is 5.41 Å². The zero-order valence-corrected chi connectivity index (χ0v) is 19.3. The monoisotopic (exact) mass is 435 g/mol. The molecule has 0 radical (unpaired) electrons. The lowest BCUT2D eigenvalue weighted by molar-refractivity contribution is 0.0581. The number of likely N-dealkylation sites (N-methyl/N-ethyl adjacent to an activating group) is 1. The molecule has 4 amide bonds. The normalized spacial score (nSPS) is 16.1. The number of amides is 4. The first-order valence-corrected chi connectivity index (χ1v) is 11.0. The van der Waals surface area contributed by atoms with E-state index < -0.39 is 0 Å². The van der Waals surface area contributed by atoms with Crippen molar-refractivity contribution in [1.82, 2.24) is 14.7 Å². The Bertz CT molecular complexity index is 1090. The number of rotatable bonds is 6. The van der Waals surface area contributed by atoms with Gasteiger partial charge in [-0.1, -0.05) is 20.8 Å². The van der Waals surface area contributed by atoms with Crippen LogP contribution in [0.25, 0.3) is 10.8 Å². The SMILES string of the molecule is CN(C)CCN1C(=O)c2ccc3c4c(ccc(c24)C1=O)C(=O)N(CCCC(C)(C)C)C3=O. The average Bonchev–Trinajstić information content (AvgIpc) is 2.71. The molecular weight excluding hydrogens is 406 g/mol. The van der Waals surface area contributed by atoms with E-state index in [1.807, 2.05) is 19.0 Å². The Balaban J connectivity index is 1.76. The first kappa shape index (κ1) is 22.1. The van der Waals surface area contributed by atoms with Gasteiger partial charge in [0, 0.05) is 52.7 Å². The largest absolute Gasteiger partial charge is 0.308 e. The van der Waals surface area contributed by atoms with Gasteiger partial charge in [-0.25, -0.2) is 0 Å². The van der Waals surface area contributed by atoms with Gasteiger partial charge in [-0.2, -0.15) is 0 Å². The summed E-state index contributed by atoms with van der Waals surface area (Å²) in [5.74, 6) is -1.51. The summed E-state index contributed by atoms with van der Waals surface area (Å²) in [4.78, 5) is 57.1. The third-order valence-corrected chi connectivity index (χ3v) is 6.14. The minimum atomic E-state index is -0.388. The summed E-state index contributed by atoms with van der Waals surface area (Å²) in [7, 11) is 3.76. The van der Waals surface area contributed by atoms with Crippen molar-refractivity contribution in [3.05, 3.63) is 46.5 Å². The van der Waals surface area contributed by atoms with Crippen LogP contribution in [-0.4, -0.2) is 72.1 Å². The number of benzene rings is 2. The Morgan fingerprint density at radius 2 is 1.06 bits per heavy atom. The minimum absolute atomic E-state index is 0.111. The van der Waals surface area contributed by atoms with Gasteiger partial charge in [0.2, 0.25) is 0 Å². The van der Waals surface area contributed by atoms with Gasteiger partial charge in [-0.05, 0) is 56.6 Å². The summed E-state index contributed by atoms with van der Waals surface area (Å²) in [5, 5.41) is 0.850. The summed E-state index contributed by atoms with van der Waals surface area (Å²) < 4.78 is 0. The van der Waals surface area contributed by atoms with E-state index in [2.05, 4.69) is 20.8 Å². The molecule has 32 heavy (non-hydrogen) atoms. The van der Waals surface area contributed by atoms with Crippen LogP contribution in [0.3, 0.4) is 0 Å². The molecule has 2 aliphatic rings. The summed E-state index contributed by atoms with van der Waals surface area (Å²) in [6, 6.07) is 6.47. The third kappa shape index (κ3) is 3.60. The number of imide groups is 2. The molecule has 0 aromatic heterocycles. The predicted molar refractivity (Wildman–Crippen MR) is 122 cm³/mol. The first-order valence-electron chi connectivity index (χ1n) is 11.0. The quantitative estimate of drug-likeness (QED) is 0.650. The molecular formula is C25H29N3O4. The Morgan fingerprint density at radius 1 is 0.688 bits per heavy atom. The molecule has 7 nitrogen and oxygen atoms in total. The molecule has 0 atom stereocenters. The molecule has 2 aromatic rings. The van der Waals surface area contributed by atoms with E-state index >= 15 is 0 Å². The fraction of sp³-hybridized carbons (Fsp3) is 0.440. The van der Waals surface area contributed by atoms with E-state index in [9.17, 15) is 19.2 Å². The van der Waals surface area contributed by atoms with Crippen LogP contribution in [0.2, 0.25) is 0 Å². The van der Waals surface area contributed by atoms with Gasteiger partial charge in [0.1, 0.15) is 0 Å². The number of nitrogens with zero attached hydrogens (tertiary/aromatic N) is 3. The molecule has 0 N–H and O–H groups in total. The number of hydrogen-bond donors (Lipinski definition) is 0. The molecule has 168 valence electrons. The van der Waals surface area contributed by atoms with E-state index in [0.717, 1.165) is 6.42 Å². The van der Waals surface area contributed by atoms with Gasteiger partial charge in [-0.3, -0.25) is 29.0 Å². The first-order chi connectivity index (χ1) is 15.0. The third-order valence-electron chi connectivity index (χ3n) is 6.14. The lowest BCUT2D eigenvalue weighted by atomic mass is 9.85. The fourth-order valence-electron chi connectivity index (χ4n) is 4.45.